The van der Waals surface area contributed by atoms with Crippen molar-refractivity contribution in [3.63, 3.8) is 0 Å². The lowest BCUT2D eigenvalue weighted by Gasteiger charge is -2.14. The number of amides is 1. The van der Waals surface area contributed by atoms with Gasteiger partial charge < -0.3 is 19.5 Å². The topological polar surface area (TPSA) is 91.7 Å². The van der Waals surface area contributed by atoms with Crippen LogP contribution in [-0.4, -0.2) is 36.8 Å². The molecule has 0 fully saturated rings. The largest absolute Gasteiger partial charge is 0.493 e. The van der Waals surface area contributed by atoms with Gasteiger partial charge in [0, 0.05) is 30.1 Å². The van der Waals surface area contributed by atoms with Crippen LogP contribution in [0.15, 0.2) is 35.5 Å². The summed E-state index contributed by atoms with van der Waals surface area (Å²) in [6.07, 6.45) is 2.67. The molecule has 0 radical (unpaired) electrons. The number of nitrogens with zero attached hydrogens (tertiary/aromatic N) is 2. The van der Waals surface area contributed by atoms with Crippen molar-refractivity contribution < 1.29 is 19.0 Å². The van der Waals surface area contributed by atoms with E-state index in [4.69, 9.17) is 14.2 Å². The molecular formula is C15H17N3O5. The molecule has 0 spiro atoms. The number of carbonyl (C=O) groups is 1. The Bertz CT molecular complexity index is 732. The first kappa shape index (κ1) is 16.3. The molecule has 122 valence electrons. The van der Waals surface area contributed by atoms with E-state index in [2.05, 4.69) is 10.3 Å². The van der Waals surface area contributed by atoms with E-state index in [-0.39, 0.29) is 18.0 Å². The Hall–Kier alpha value is -3.03. The van der Waals surface area contributed by atoms with Crippen LogP contribution >= 0.6 is 0 Å². The summed E-state index contributed by atoms with van der Waals surface area (Å²) in [4.78, 5) is 27.5. The van der Waals surface area contributed by atoms with Crippen LogP contribution in [0.3, 0.4) is 0 Å². The standard InChI is InChI=1S/C15H17N3O5/c1-21-11-6-10(7-12(22-2)15(11)23-3)17-13(19)8-18-9-16-5-4-14(18)20/h4-7,9H,8H2,1-3H3,(H,17,19). The number of nitrogens with one attached hydrogen (secondary N) is 1. The van der Waals surface area contributed by atoms with Crippen molar-refractivity contribution in [1.29, 1.82) is 0 Å². The second kappa shape index (κ2) is 7.30. The first-order chi connectivity index (χ1) is 11.1. The van der Waals surface area contributed by atoms with Crippen LogP contribution in [0.4, 0.5) is 5.69 Å². The molecule has 0 bridgehead atoms. The van der Waals surface area contributed by atoms with Gasteiger partial charge in [0.1, 0.15) is 6.54 Å². The Balaban J connectivity index is 2.21. The number of methoxy groups -OCH3 is 3. The van der Waals surface area contributed by atoms with Crippen LogP contribution in [0, 0.1) is 0 Å². The molecule has 0 aliphatic carbocycles. The summed E-state index contributed by atoms with van der Waals surface area (Å²) in [6.45, 7) is -0.149. The monoisotopic (exact) mass is 319 g/mol. The van der Waals surface area contributed by atoms with E-state index in [1.807, 2.05) is 0 Å². The summed E-state index contributed by atoms with van der Waals surface area (Å²) in [5.41, 5.74) is 0.154. The van der Waals surface area contributed by atoms with Gasteiger partial charge in [-0.25, -0.2) is 4.98 Å². The molecule has 23 heavy (non-hydrogen) atoms. The van der Waals surface area contributed by atoms with Crippen LogP contribution in [0.5, 0.6) is 17.2 Å². The van der Waals surface area contributed by atoms with E-state index in [9.17, 15) is 9.59 Å². The fraction of sp³-hybridized carbons (Fsp3) is 0.267. The molecule has 0 atom stereocenters. The molecule has 2 rings (SSSR count). The van der Waals surface area contributed by atoms with Crippen molar-refractivity contribution in [2.24, 2.45) is 0 Å². The minimum atomic E-state index is -0.380. The molecule has 0 unspecified atom stereocenters. The molecule has 8 heteroatoms. The summed E-state index contributed by atoms with van der Waals surface area (Å²) in [7, 11) is 4.46. The van der Waals surface area contributed by atoms with E-state index >= 15 is 0 Å². The van der Waals surface area contributed by atoms with Gasteiger partial charge in [-0.2, -0.15) is 0 Å². The van der Waals surface area contributed by atoms with Gasteiger partial charge in [-0.3, -0.25) is 14.2 Å². The Morgan fingerprint density at radius 3 is 2.35 bits per heavy atom. The zero-order chi connectivity index (χ0) is 16.8. The van der Waals surface area contributed by atoms with Gasteiger partial charge in [-0.05, 0) is 0 Å². The molecule has 1 N–H and O–H groups in total. The van der Waals surface area contributed by atoms with Gasteiger partial charge in [0.2, 0.25) is 11.7 Å². The number of anilines is 1. The summed E-state index contributed by atoms with van der Waals surface area (Å²) in [5, 5.41) is 2.68. The zero-order valence-corrected chi connectivity index (χ0v) is 13.0. The highest BCUT2D eigenvalue weighted by Gasteiger charge is 2.14. The second-order valence-electron chi connectivity index (χ2n) is 4.51. The maximum absolute atomic E-state index is 12.1. The predicted molar refractivity (Wildman–Crippen MR) is 83.2 cm³/mol. The lowest BCUT2D eigenvalue weighted by Crippen LogP contribution is -2.27. The third-order valence-electron chi connectivity index (χ3n) is 3.05. The first-order valence-corrected chi connectivity index (χ1v) is 6.69. The fourth-order valence-electron chi connectivity index (χ4n) is 2.01. The van der Waals surface area contributed by atoms with E-state index in [1.54, 1.807) is 12.1 Å². The Morgan fingerprint density at radius 1 is 1.17 bits per heavy atom. The number of aromatic nitrogens is 2. The molecule has 1 amide bonds. The average Bonchev–Trinajstić information content (AvgIpc) is 2.55. The number of benzene rings is 1. The molecule has 2 aromatic rings. The van der Waals surface area contributed by atoms with Crippen LogP contribution in [0.25, 0.3) is 0 Å². The van der Waals surface area contributed by atoms with Crippen LogP contribution in [0.1, 0.15) is 0 Å². The number of ether oxygens (including phenoxy) is 3. The first-order valence-electron chi connectivity index (χ1n) is 6.69. The third-order valence-corrected chi connectivity index (χ3v) is 3.05. The lowest BCUT2D eigenvalue weighted by atomic mass is 10.2. The smallest absolute Gasteiger partial charge is 0.253 e. The highest BCUT2D eigenvalue weighted by Crippen LogP contribution is 2.39. The molecular weight excluding hydrogens is 302 g/mol. The lowest BCUT2D eigenvalue weighted by molar-refractivity contribution is -0.116. The number of rotatable bonds is 6. The van der Waals surface area contributed by atoms with E-state index in [0.717, 1.165) is 0 Å². The summed E-state index contributed by atoms with van der Waals surface area (Å²) in [6, 6.07) is 4.49. The maximum atomic E-state index is 12.1. The van der Waals surface area contributed by atoms with E-state index in [1.165, 1.54) is 44.5 Å². The molecule has 0 aliphatic rings. The van der Waals surface area contributed by atoms with Gasteiger partial charge in [0.25, 0.3) is 5.56 Å². The minimum absolute atomic E-state index is 0.149. The van der Waals surface area contributed by atoms with Crippen molar-refractivity contribution in [2.45, 2.75) is 6.54 Å². The van der Waals surface area contributed by atoms with Crippen molar-refractivity contribution in [3.8, 4) is 17.2 Å². The van der Waals surface area contributed by atoms with E-state index < -0.39 is 0 Å². The summed E-state index contributed by atoms with van der Waals surface area (Å²) >= 11 is 0. The molecule has 1 aromatic carbocycles. The molecule has 1 heterocycles. The van der Waals surface area contributed by atoms with Gasteiger partial charge in [0.15, 0.2) is 11.5 Å². The summed E-state index contributed by atoms with van der Waals surface area (Å²) in [5.74, 6) is 0.882. The van der Waals surface area contributed by atoms with Crippen LogP contribution in [-0.2, 0) is 11.3 Å². The number of carbonyl (C=O) groups excluding carboxylic acids is 1. The third kappa shape index (κ3) is 3.79. The van der Waals surface area contributed by atoms with Gasteiger partial charge in [-0.1, -0.05) is 0 Å². The normalized spacial score (nSPS) is 10.0. The Labute approximate surface area is 132 Å². The van der Waals surface area contributed by atoms with Crippen LogP contribution in [0.2, 0.25) is 0 Å². The fourth-order valence-corrected chi connectivity index (χ4v) is 2.01. The highest BCUT2D eigenvalue weighted by atomic mass is 16.5. The quantitative estimate of drug-likeness (QED) is 0.851. The van der Waals surface area contributed by atoms with Crippen molar-refractivity contribution in [1.82, 2.24) is 9.55 Å². The number of hydrogen-bond acceptors (Lipinski definition) is 6. The number of hydrogen-bond donors (Lipinski definition) is 1. The maximum Gasteiger partial charge on any atom is 0.253 e. The zero-order valence-electron chi connectivity index (χ0n) is 13.0. The van der Waals surface area contributed by atoms with Crippen molar-refractivity contribution >= 4 is 11.6 Å². The SMILES string of the molecule is COc1cc(NC(=O)Cn2cnccc2=O)cc(OC)c1OC. The molecule has 0 saturated heterocycles. The molecule has 0 saturated carbocycles. The van der Waals surface area contributed by atoms with Crippen molar-refractivity contribution in [2.75, 3.05) is 26.6 Å². The second-order valence-corrected chi connectivity index (χ2v) is 4.51. The van der Waals surface area contributed by atoms with Crippen molar-refractivity contribution in [3.05, 3.63) is 41.1 Å². The Morgan fingerprint density at radius 2 is 1.83 bits per heavy atom. The van der Waals surface area contributed by atoms with E-state index in [0.29, 0.717) is 22.9 Å². The summed E-state index contributed by atoms with van der Waals surface area (Å²) < 4.78 is 16.8. The molecule has 1 aromatic heterocycles. The molecule has 8 nitrogen and oxygen atoms in total. The Kier molecular flexibility index (Phi) is 5.19. The van der Waals surface area contributed by atoms with Crippen LogP contribution < -0.4 is 25.1 Å². The van der Waals surface area contributed by atoms with Gasteiger partial charge in [-0.15, -0.1) is 0 Å². The highest BCUT2D eigenvalue weighted by molar-refractivity contribution is 5.91. The average molecular weight is 319 g/mol. The molecule has 0 aliphatic heterocycles. The van der Waals surface area contributed by atoms with Gasteiger partial charge in [0.05, 0.1) is 27.7 Å². The minimum Gasteiger partial charge on any atom is -0.493 e. The van der Waals surface area contributed by atoms with Gasteiger partial charge >= 0.3 is 0 Å². The predicted octanol–water partition coefficient (Wildman–Crippen LogP) is 0.908.